The minimum atomic E-state index is -0.900. The number of carbonyl (C=O) groups excluding carboxylic acids is 1. The van der Waals surface area contributed by atoms with Crippen molar-refractivity contribution < 1.29 is 9.90 Å². The molecule has 4 rings (SSSR count). The maximum absolute atomic E-state index is 12.4. The lowest BCUT2D eigenvalue weighted by Gasteiger charge is -2.19. The molecule has 3 N–H and O–H groups in total. The molecule has 0 saturated carbocycles. The van der Waals surface area contributed by atoms with Gasteiger partial charge < -0.3 is 15.0 Å². The van der Waals surface area contributed by atoms with Gasteiger partial charge in [0.25, 0.3) is 5.56 Å². The van der Waals surface area contributed by atoms with E-state index in [1.807, 2.05) is 36.6 Å². The predicted molar refractivity (Wildman–Crippen MR) is 127 cm³/mol. The number of aromatic nitrogens is 4. The number of aliphatic hydroxyl groups is 1. The van der Waals surface area contributed by atoms with E-state index >= 15 is 0 Å². The van der Waals surface area contributed by atoms with E-state index in [-0.39, 0.29) is 31.0 Å². The van der Waals surface area contributed by atoms with Crippen LogP contribution < -0.4 is 16.6 Å². The molecule has 1 atom stereocenters. The number of rotatable bonds is 7. The molecular formula is C23H27N5O4S. The Bertz CT molecular complexity index is 1260. The highest BCUT2D eigenvalue weighted by molar-refractivity contribution is 7.98. The Hall–Kier alpha value is -3.11. The van der Waals surface area contributed by atoms with Crippen molar-refractivity contribution in [3.05, 3.63) is 79.5 Å². The maximum Gasteiger partial charge on any atom is 0.328 e. The van der Waals surface area contributed by atoms with Crippen LogP contribution >= 0.6 is 11.8 Å². The van der Waals surface area contributed by atoms with Gasteiger partial charge in [0.2, 0.25) is 5.91 Å². The fraction of sp³-hybridized carbons (Fsp3) is 0.391. The summed E-state index contributed by atoms with van der Waals surface area (Å²) in [7, 11) is 0. The van der Waals surface area contributed by atoms with Crippen molar-refractivity contribution in [1.82, 2.24) is 24.4 Å². The Morgan fingerprint density at radius 1 is 1.24 bits per heavy atom. The Morgan fingerprint density at radius 3 is 2.70 bits per heavy atom. The Morgan fingerprint density at radius 2 is 2.00 bits per heavy atom. The number of H-pyrrole nitrogens is 1. The number of fused-ring (bicyclic) bond motifs is 1. The number of aryl methyl sites for hydroxylation is 2. The van der Waals surface area contributed by atoms with Crippen LogP contribution in [0.5, 0.6) is 0 Å². The van der Waals surface area contributed by atoms with E-state index in [2.05, 4.69) is 15.3 Å². The SMILES string of the molecule is Cc1ccc(C)n1-c1ccc(C(O)CNC(=O)CCn2c3c(c(=O)[nH]c2=O)CSCC3)cn1. The number of thioether (sulfide) groups is 1. The molecule has 174 valence electrons. The highest BCUT2D eigenvalue weighted by Gasteiger charge is 2.19. The lowest BCUT2D eigenvalue weighted by molar-refractivity contribution is -0.121. The zero-order valence-corrected chi connectivity index (χ0v) is 19.4. The summed E-state index contributed by atoms with van der Waals surface area (Å²) >= 11 is 1.65. The quantitative estimate of drug-likeness (QED) is 0.480. The molecule has 0 saturated heterocycles. The van der Waals surface area contributed by atoms with E-state index in [0.29, 0.717) is 23.3 Å². The largest absolute Gasteiger partial charge is 0.387 e. The number of aromatic amines is 1. The van der Waals surface area contributed by atoms with Gasteiger partial charge in [-0.3, -0.25) is 19.1 Å². The molecule has 1 amide bonds. The van der Waals surface area contributed by atoms with Crippen molar-refractivity contribution in [2.45, 2.75) is 45.1 Å². The molecule has 0 aliphatic carbocycles. The summed E-state index contributed by atoms with van der Waals surface area (Å²) in [6, 6.07) is 7.67. The molecule has 1 aliphatic rings. The summed E-state index contributed by atoms with van der Waals surface area (Å²) in [6.07, 6.45) is 1.41. The zero-order valence-electron chi connectivity index (χ0n) is 18.6. The fourth-order valence-electron chi connectivity index (χ4n) is 4.06. The first-order valence-electron chi connectivity index (χ1n) is 10.8. The van der Waals surface area contributed by atoms with E-state index in [4.69, 9.17) is 0 Å². The first-order chi connectivity index (χ1) is 15.8. The third-order valence-electron chi connectivity index (χ3n) is 5.85. The minimum absolute atomic E-state index is 0.0384. The van der Waals surface area contributed by atoms with Gasteiger partial charge in [-0.2, -0.15) is 11.8 Å². The Balaban J connectivity index is 1.34. The number of carbonyl (C=O) groups is 1. The fourth-order valence-corrected chi connectivity index (χ4v) is 5.04. The minimum Gasteiger partial charge on any atom is -0.387 e. The van der Waals surface area contributed by atoms with E-state index in [1.54, 1.807) is 24.0 Å². The predicted octanol–water partition coefficient (Wildman–Crippen LogP) is 1.37. The number of nitrogens with zero attached hydrogens (tertiary/aromatic N) is 3. The molecule has 0 aromatic carbocycles. The monoisotopic (exact) mass is 469 g/mol. The smallest absolute Gasteiger partial charge is 0.328 e. The van der Waals surface area contributed by atoms with Crippen LogP contribution in [0.25, 0.3) is 5.82 Å². The van der Waals surface area contributed by atoms with Crippen LogP contribution in [0.2, 0.25) is 0 Å². The van der Waals surface area contributed by atoms with Crippen LogP contribution in [0, 0.1) is 13.8 Å². The number of aliphatic hydroxyl groups excluding tert-OH is 1. The van der Waals surface area contributed by atoms with Crippen molar-refractivity contribution in [1.29, 1.82) is 0 Å². The lowest BCUT2D eigenvalue weighted by atomic mass is 10.1. The molecule has 3 aromatic rings. The van der Waals surface area contributed by atoms with Crippen LogP contribution in [0.3, 0.4) is 0 Å². The molecule has 0 fully saturated rings. The van der Waals surface area contributed by atoms with Crippen molar-refractivity contribution in [3.8, 4) is 5.82 Å². The summed E-state index contributed by atoms with van der Waals surface area (Å²) in [4.78, 5) is 43.4. The standard InChI is InChI=1S/C23H27N5O4S/c1-14-3-4-15(2)28(14)20-6-5-16(11-24-20)19(29)12-25-21(30)7-9-27-18-8-10-33-13-17(18)22(31)26-23(27)32/h3-6,11,19,29H,7-10,12-13H2,1-2H3,(H,25,30)(H,26,31,32). The second-order valence-electron chi connectivity index (χ2n) is 8.11. The van der Waals surface area contributed by atoms with Crippen LogP contribution in [0.15, 0.2) is 40.1 Å². The first kappa shape index (κ1) is 23.1. The molecular weight excluding hydrogens is 442 g/mol. The van der Waals surface area contributed by atoms with Gasteiger partial charge in [0.05, 0.1) is 6.10 Å². The summed E-state index contributed by atoms with van der Waals surface area (Å²) < 4.78 is 3.51. The number of nitrogens with one attached hydrogen (secondary N) is 2. The topological polar surface area (TPSA) is 122 Å². The molecule has 3 aromatic heterocycles. The van der Waals surface area contributed by atoms with Crippen molar-refractivity contribution in [2.24, 2.45) is 0 Å². The van der Waals surface area contributed by atoms with Crippen LogP contribution in [-0.2, 0) is 23.5 Å². The molecule has 1 unspecified atom stereocenters. The highest BCUT2D eigenvalue weighted by Crippen LogP contribution is 2.21. The zero-order chi connectivity index (χ0) is 23.5. The van der Waals surface area contributed by atoms with Gasteiger partial charge in [-0.05, 0) is 44.2 Å². The molecule has 1 aliphatic heterocycles. The van der Waals surface area contributed by atoms with E-state index in [9.17, 15) is 19.5 Å². The summed E-state index contributed by atoms with van der Waals surface area (Å²) in [5.74, 6) is 1.89. The van der Waals surface area contributed by atoms with Crippen LogP contribution in [0.4, 0.5) is 0 Å². The van der Waals surface area contributed by atoms with Gasteiger partial charge in [0.1, 0.15) is 5.82 Å². The van der Waals surface area contributed by atoms with Gasteiger partial charge in [-0.1, -0.05) is 6.07 Å². The number of hydrogen-bond acceptors (Lipinski definition) is 6. The van der Waals surface area contributed by atoms with Gasteiger partial charge in [0.15, 0.2) is 0 Å². The molecule has 4 heterocycles. The Labute approximate surface area is 194 Å². The van der Waals surface area contributed by atoms with Crippen molar-refractivity contribution in [2.75, 3.05) is 12.3 Å². The summed E-state index contributed by atoms with van der Waals surface area (Å²) in [5.41, 5.74) is 3.25. The van der Waals surface area contributed by atoms with Gasteiger partial charge in [-0.25, -0.2) is 9.78 Å². The van der Waals surface area contributed by atoms with Crippen LogP contribution in [0.1, 0.15) is 40.7 Å². The van der Waals surface area contributed by atoms with Gasteiger partial charge >= 0.3 is 5.69 Å². The maximum atomic E-state index is 12.4. The molecule has 0 spiro atoms. The van der Waals surface area contributed by atoms with Crippen molar-refractivity contribution >= 4 is 17.7 Å². The molecule has 10 heteroatoms. The number of amides is 1. The first-order valence-corrected chi connectivity index (χ1v) is 12.0. The number of hydrogen-bond donors (Lipinski definition) is 3. The second kappa shape index (κ2) is 9.80. The lowest BCUT2D eigenvalue weighted by Crippen LogP contribution is -2.38. The molecule has 9 nitrogen and oxygen atoms in total. The van der Waals surface area contributed by atoms with Crippen molar-refractivity contribution in [3.63, 3.8) is 0 Å². The van der Waals surface area contributed by atoms with Crippen LogP contribution in [-0.4, -0.2) is 42.4 Å². The average molecular weight is 470 g/mol. The molecule has 0 bridgehead atoms. The number of pyridine rings is 1. The molecule has 0 radical (unpaired) electrons. The van der Waals surface area contributed by atoms with E-state index in [0.717, 1.165) is 28.7 Å². The third kappa shape index (κ3) is 4.96. The highest BCUT2D eigenvalue weighted by atomic mass is 32.2. The Kier molecular flexibility index (Phi) is 6.85. The van der Waals surface area contributed by atoms with E-state index < -0.39 is 11.8 Å². The normalized spacial score (nSPS) is 14.0. The average Bonchev–Trinajstić information content (AvgIpc) is 3.15. The van der Waals surface area contributed by atoms with E-state index in [1.165, 1.54) is 4.57 Å². The summed E-state index contributed by atoms with van der Waals surface area (Å²) in [5, 5.41) is 13.2. The van der Waals surface area contributed by atoms with Gasteiger partial charge in [-0.15, -0.1) is 0 Å². The third-order valence-corrected chi connectivity index (χ3v) is 6.84. The van der Waals surface area contributed by atoms with Gasteiger partial charge in [0, 0.05) is 59.7 Å². The molecule has 33 heavy (non-hydrogen) atoms. The summed E-state index contributed by atoms with van der Waals surface area (Å²) in [6.45, 7) is 4.22. The second-order valence-corrected chi connectivity index (χ2v) is 9.22.